The predicted molar refractivity (Wildman–Crippen MR) is 210 cm³/mol. The molecular weight excluding hydrogens is 592 g/mol. The molecule has 2 amide bonds. The van der Waals surface area contributed by atoms with E-state index < -0.39 is 0 Å². The maximum atomic E-state index is 12.0. The van der Waals surface area contributed by atoms with Gasteiger partial charge in [-0.1, -0.05) is 127 Å². The van der Waals surface area contributed by atoms with E-state index in [1.165, 1.54) is 103 Å². The van der Waals surface area contributed by atoms with Crippen LogP contribution in [0.1, 0.15) is 168 Å². The zero-order chi connectivity index (χ0) is 34.9. The lowest BCUT2D eigenvalue weighted by Crippen LogP contribution is -2.37. The molecule has 0 atom stereocenters. The van der Waals surface area contributed by atoms with Crippen LogP contribution in [0.25, 0.3) is 0 Å². The van der Waals surface area contributed by atoms with Crippen LogP contribution in [0, 0.1) is 0 Å². The Morgan fingerprint density at radius 2 is 0.688 bits per heavy atom. The first-order valence-corrected chi connectivity index (χ1v) is 20.3. The van der Waals surface area contributed by atoms with Crippen molar-refractivity contribution in [2.75, 3.05) is 39.3 Å². The van der Waals surface area contributed by atoms with Crippen molar-refractivity contribution in [3.63, 3.8) is 0 Å². The molecule has 0 fully saturated rings. The summed E-state index contributed by atoms with van der Waals surface area (Å²) >= 11 is 0. The van der Waals surface area contributed by atoms with Crippen LogP contribution in [0.3, 0.4) is 0 Å². The molecule has 0 radical (unpaired) electrons. The minimum Gasteiger partial charge on any atom is -0.355 e. The van der Waals surface area contributed by atoms with E-state index in [9.17, 15) is 9.59 Å². The molecule has 278 valence electrons. The van der Waals surface area contributed by atoms with Gasteiger partial charge in [0.25, 0.3) is 0 Å². The molecule has 4 N–H and O–H groups in total. The van der Waals surface area contributed by atoms with Gasteiger partial charge in [0.05, 0.1) is 0 Å². The van der Waals surface area contributed by atoms with E-state index in [0.29, 0.717) is 25.9 Å². The van der Waals surface area contributed by atoms with Gasteiger partial charge in [0.2, 0.25) is 11.8 Å². The Morgan fingerprint density at radius 1 is 0.375 bits per heavy atom. The first-order valence-electron chi connectivity index (χ1n) is 20.3. The van der Waals surface area contributed by atoms with Gasteiger partial charge in [0.15, 0.2) is 0 Å². The standard InChI is InChI=1S/C42H78N4O2/c1-3-5-7-9-11-13-15-17-19-21-23-25-27-29-31-33-41(47)45-39-37-43-35-36-44-38-40-46-42(48)34-32-30-28-26-24-22-20-18-16-14-12-10-8-6-4-2/h11-14,17-20,43-44H,3-10,15-16,21-40H2,1-2H3,(H,45,47)(H,46,48)/b13-11+,14-12+,19-17+,20-18+. The summed E-state index contributed by atoms with van der Waals surface area (Å²) in [5, 5.41) is 12.7. The summed E-state index contributed by atoms with van der Waals surface area (Å²) in [7, 11) is 0. The van der Waals surface area contributed by atoms with E-state index in [2.05, 4.69) is 83.7 Å². The number of hydrogen-bond donors (Lipinski definition) is 4. The molecule has 0 aliphatic rings. The van der Waals surface area contributed by atoms with Crippen LogP contribution >= 0.6 is 0 Å². The zero-order valence-electron chi connectivity index (χ0n) is 31.6. The molecule has 48 heavy (non-hydrogen) atoms. The Balaban J connectivity index is 3.33. The van der Waals surface area contributed by atoms with Crippen molar-refractivity contribution < 1.29 is 9.59 Å². The molecule has 0 heterocycles. The van der Waals surface area contributed by atoms with Crippen LogP contribution in [0.5, 0.6) is 0 Å². The fourth-order valence-corrected chi connectivity index (χ4v) is 5.38. The second kappa shape index (κ2) is 41.0. The van der Waals surface area contributed by atoms with Gasteiger partial charge in [-0.3, -0.25) is 9.59 Å². The zero-order valence-corrected chi connectivity index (χ0v) is 31.6. The second-order valence-corrected chi connectivity index (χ2v) is 13.2. The molecule has 0 aliphatic carbocycles. The highest BCUT2D eigenvalue weighted by Crippen LogP contribution is 2.09. The average Bonchev–Trinajstić information content (AvgIpc) is 3.09. The number of carbonyl (C=O) groups excluding carboxylic acids is 2. The summed E-state index contributed by atoms with van der Waals surface area (Å²) in [6.45, 7) is 9.09. The van der Waals surface area contributed by atoms with Crippen molar-refractivity contribution in [1.29, 1.82) is 0 Å². The maximum absolute atomic E-state index is 12.0. The number of nitrogens with one attached hydrogen (secondary N) is 4. The Hall–Kier alpha value is -2.18. The van der Waals surface area contributed by atoms with Crippen molar-refractivity contribution in [3.8, 4) is 0 Å². The third-order valence-corrected chi connectivity index (χ3v) is 8.44. The van der Waals surface area contributed by atoms with Crippen molar-refractivity contribution in [2.24, 2.45) is 0 Å². The van der Waals surface area contributed by atoms with Gasteiger partial charge in [-0.25, -0.2) is 0 Å². The maximum Gasteiger partial charge on any atom is 0.220 e. The Labute approximate surface area is 297 Å². The lowest BCUT2D eigenvalue weighted by atomic mass is 10.1. The smallest absolute Gasteiger partial charge is 0.220 e. The number of unbranched alkanes of at least 4 members (excludes halogenated alkanes) is 16. The Bertz CT molecular complexity index is 739. The number of amides is 2. The molecule has 0 aliphatic heterocycles. The summed E-state index contributed by atoms with van der Waals surface area (Å²) < 4.78 is 0. The molecule has 6 heteroatoms. The van der Waals surface area contributed by atoms with Gasteiger partial charge in [0, 0.05) is 52.1 Å². The summed E-state index contributed by atoms with van der Waals surface area (Å²) in [5.74, 6) is 0.326. The molecule has 0 aromatic carbocycles. The molecule has 0 unspecified atom stereocenters. The highest BCUT2D eigenvalue weighted by molar-refractivity contribution is 5.76. The topological polar surface area (TPSA) is 82.3 Å². The molecule has 6 nitrogen and oxygen atoms in total. The molecule has 0 spiro atoms. The summed E-state index contributed by atoms with van der Waals surface area (Å²) in [5.41, 5.74) is 0. The van der Waals surface area contributed by atoms with Crippen molar-refractivity contribution in [2.45, 2.75) is 168 Å². The minimum absolute atomic E-state index is 0.163. The quantitative estimate of drug-likeness (QED) is 0.0392. The lowest BCUT2D eigenvalue weighted by molar-refractivity contribution is -0.122. The van der Waals surface area contributed by atoms with Crippen LogP contribution in [-0.2, 0) is 9.59 Å². The van der Waals surface area contributed by atoms with Crippen LogP contribution in [0.2, 0.25) is 0 Å². The second-order valence-electron chi connectivity index (χ2n) is 13.2. The first kappa shape index (κ1) is 45.8. The molecule has 0 saturated carbocycles. The predicted octanol–water partition coefficient (Wildman–Crippen LogP) is 10.0. The van der Waals surface area contributed by atoms with E-state index in [4.69, 9.17) is 0 Å². The largest absolute Gasteiger partial charge is 0.355 e. The summed E-state index contributed by atoms with van der Waals surface area (Å²) in [6.07, 6.45) is 46.1. The van der Waals surface area contributed by atoms with Gasteiger partial charge in [-0.2, -0.15) is 0 Å². The highest BCUT2D eigenvalue weighted by atomic mass is 16.2. The van der Waals surface area contributed by atoms with Crippen molar-refractivity contribution in [3.05, 3.63) is 48.6 Å². The Morgan fingerprint density at radius 3 is 1.06 bits per heavy atom. The van der Waals surface area contributed by atoms with E-state index in [1.54, 1.807) is 0 Å². The van der Waals surface area contributed by atoms with Crippen LogP contribution in [0.15, 0.2) is 48.6 Å². The van der Waals surface area contributed by atoms with E-state index >= 15 is 0 Å². The lowest BCUT2D eigenvalue weighted by Gasteiger charge is -2.09. The number of rotatable bonds is 37. The van der Waals surface area contributed by atoms with Gasteiger partial charge < -0.3 is 21.3 Å². The minimum atomic E-state index is 0.163. The number of hydrogen-bond acceptors (Lipinski definition) is 4. The van der Waals surface area contributed by atoms with E-state index in [0.717, 1.165) is 64.7 Å². The van der Waals surface area contributed by atoms with E-state index in [-0.39, 0.29) is 11.8 Å². The monoisotopic (exact) mass is 671 g/mol. The van der Waals surface area contributed by atoms with Crippen LogP contribution < -0.4 is 21.3 Å². The van der Waals surface area contributed by atoms with Crippen LogP contribution in [0.4, 0.5) is 0 Å². The van der Waals surface area contributed by atoms with Gasteiger partial charge in [-0.05, 0) is 77.0 Å². The number of allylic oxidation sites excluding steroid dienone is 8. The number of carbonyl (C=O) groups is 2. The fourth-order valence-electron chi connectivity index (χ4n) is 5.38. The van der Waals surface area contributed by atoms with Crippen molar-refractivity contribution >= 4 is 11.8 Å². The molecular formula is C42H78N4O2. The average molecular weight is 671 g/mol. The third kappa shape index (κ3) is 40.0. The third-order valence-electron chi connectivity index (χ3n) is 8.44. The highest BCUT2D eigenvalue weighted by Gasteiger charge is 2.01. The summed E-state index contributed by atoms with van der Waals surface area (Å²) in [4.78, 5) is 24.1. The Kier molecular flexibility index (Phi) is 39.1. The van der Waals surface area contributed by atoms with Crippen LogP contribution in [-0.4, -0.2) is 51.1 Å². The summed E-state index contributed by atoms with van der Waals surface area (Å²) in [6, 6.07) is 0. The van der Waals surface area contributed by atoms with E-state index in [1.807, 2.05) is 0 Å². The molecule has 0 rings (SSSR count). The molecule has 0 saturated heterocycles. The first-order chi connectivity index (χ1) is 23.7. The molecule has 0 aromatic heterocycles. The van der Waals surface area contributed by atoms with Gasteiger partial charge in [0.1, 0.15) is 0 Å². The fraction of sp³-hybridized carbons (Fsp3) is 0.762. The molecule has 0 bridgehead atoms. The van der Waals surface area contributed by atoms with Crippen molar-refractivity contribution in [1.82, 2.24) is 21.3 Å². The normalized spacial score (nSPS) is 12.0. The van der Waals surface area contributed by atoms with Gasteiger partial charge in [-0.15, -0.1) is 0 Å². The SMILES string of the molecule is CCCCC/C=C/C/C=C/CCCCCCCC(=O)NCCNCCNCCNC(=O)CCCCCCC/C=C/C/C=C/CCCCC. The molecule has 0 aromatic rings. The van der Waals surface area contributed by atoms with Gasteiger partial charge >= 0.3 is 0 Å².